The van der Waals surface area contributed by atoms with E-state index in [1.807, 2.05) is 36.0 Å². The molecule has 1 N–H and O–H groups in total. The minimum atomic E-state index is -0.139. The first-order valence-electron chi connectivity index (χ1n) is 7.37. The van der Waals surface area contributed by atoms with E-state index in [-0.39, 0.29) is 5.91 Å². The first-order valence-corrected chi connectivity index (χ1v) is 8.19. The summed E-state index contributed by atoms with van der Waals surface area (Å²) < 4.78 is 2.96. The topological polar surface area (TPSA) is 59.8 Å². The summed E-state index contributed by atoms with van der Waals surface area (Å²) in [5.74, 6) is 0.519. The van der Waals surface area contributed by atoms with Gasteiger partial charge in [-0.1, -0.05) is 12.1 Å². The molecule has 1 aromatic carbocycles. The lowest BCUT2D eigenvalue weighted by Gasteiger charge is -1.99. The second-order valence-electron chi connectivity index (χ2n) is 5.63. The summed E-state index contributed by atoms with van der Waals surface area (Å²) in [6, 6.07) is 9.87. The van der Waals surface area contributed by atoms with Crippen molar-refractivity contribution in [2.75, 3.05) is 0 Å². The van der Waals surface area contributed by atoms with Crippen molar-refractivity contribution in [1.29, 1.82) is 0 Å². The molecule has 22 heavy (non-hydrogen) atoms. The molecule has 1 aliphatic rings. The maximum atomic E-state index is 12.2. The molecule has 3 aromatic rings. The van der Waals surface area contributed by atoms with Gasteiger partial charge in [0.1, 0.15) is 0 Å². The number of carbonyl (C=O) groups is 1. The Morgan fingerprint density at radius 1 is 1.41 bits per heavy atom. The van der Waals surface area contributed by atoms with Crippen LogP contribution in [0.2, 0.25) is 0 Å². The number of aromatic nitrogens is 3. The predicted molar refractivity (Wildman–Crippen MR) is 86.0 cm³/mol. The molecular weight excluding hydrogens is 296 g/mol. The van der Waals surface area contributed by atoms with Crippen molar-refractivity contribution < 1.29 is 4.79 Å². The van der Waals surface area contributed by atoms with Crippen LogP contribution >= 0.6 is 11.3 Å². The zero-order valence-corrected chi connectivity index (χ0v) is 13.1. The van der Waals surface area contributed by atoms with Crippen molar-refractivity contribution in [2.45, 2.75) is 25.3 Å². The van der Waals surface area contributed by atoms with Gasteiger partial charge >= 0.3 is 0 Å². The number of thiazole rings is 1. The standard InChI is InChI=1S/C16H16N4OS/c1-20-13(10-6-7-10)8-11(19-20)9-17-15(21)16-18-12-4-2-3-5-14(12)22-16/h2-5,8,10H,6-7,9H2,1H3,(H,17,21). The van der Waals surface area contributed by atoms with Crippen molar-refractivity contribution in [2.24, 2.45) is 7.05 Å². The van der Waals surface area contributed by atoms with Crippen molar-refractivity contribution in [3.63, 3.8) is 0 Å². The third-order valence-electron chi connectivity index (χ3n) is 3.88. The number of fused-ring (bicyclic) bond motifs is 1. The van der Waals surface area contributed by atoms with Gasteiger partial charge < -0.3 is 5.32 Å². The summed E-state index contributed by atoms with van der Waals surface area (Å²) in [6.45, 7) is 0.440. The SMILES string of the molecule is Cn1nc(CNC(=O)c2nc3ccccc3s2)cc1C1CC1. The number of carbonyl (C=O) groups excluding carboxylic acids is 1. The van der Waals surface area contributed by atoms with Gasteiger partial charge in [-0.3, -0.25) is 9.48 Å². The Labute approximate surface area is 132 Å². The molecular formula is C16H16N4OS. The van der Waals surface area contributed by atoms with Crippen molar-refractivity contribution in [1.82, 2.24) is 20.1 Å². The van der Waals surface area contributed by atoms with Crippen molar-refractivity contribution >= 4 is 27.5 Å². The molecule has 1 aliphatic carbocycles. The van der Waals surface area contributed by atoms with Crippen LogP contribution in [-0.2, 0) is 13.6 Å². The highest BCUT2D eigenvalue weighted by Crippen LogP contribution is 2.39. The van der Waals surface area contributed by atoms with Crippen LogP contribution < -0.4 is 5.32 Å². The van der Waals surface area contributed by atoms with Crippen LogP contribution in [0.15, 0.2) is 30.3 Å². The second-order valence-corrected chi connectivity index (χ2v) is 6.66. The molecule has 0 saturated heterocycles. The van der Waals surface area contributed by atoms with E-state index < -0.39 is 0 Å². The average molecular weight is 312 g/mol. The third kappa shape index (κ3) is 2.50. The van der Waals surface area contributed by atoms with Gasteiger partial charge in [0.25, 0.3) is 5.91 Å². The maximum Gasteiger partial charge on any atom is 0.280 e. The van der Waals surface area contributed by atoms with Gasteiger partial charge in [-0.25, -0.2) is 4.98 Å². The van der Waals surface area contributed by atoms with Crippen LogP contribution in [0.3, 0.4) is 0 Å². The van der Waals surface area contributed by atoms with Gasteiger partial charge in [0, 0.05) is 18.7 Å². The second kappa shape index (κ2) is 5.21. The fourth-order valence-corrected chi connectivity index (χ4v) is 3.49. The lowest BCUT2D eigenvalue weighted by molar-refractivity contribution is 0.0950. The normalized spacial score (nSPS) is 14.4. The van der Waals surface area contributed by atoms with Gasteiger partial charge in [-0.2, -0.15) is 5.10 Å². The van der Waals surface area contributed by atoms with E-state index in [1.165, 1.54) is 29.9 Å². The molecule has 0 bridgehead atoms. The van der Waals surface area contributed by atoms with E-state index in [0.29, 0.717) is 17.5 Å². The number of nitrogens with one attached hydrogen (secondary N) is 1. The van der Waals surface area contributed by atoms with Gasteiger partial charge in [0.15, 0.2) is 5.01 Å². The molecule has 2 aromatic heterocycles. The van der Waals surface area contributed by atoms with Crippen molar-refractivity contribution in [3.8, 4) is 0 Å². The monoisotopic (exact) mass is 312 g/mol. The van der Waals surface area contributed by atoms with E-state index in [9.17, 15) is 4.79 Å². The average Bonchev–Trinajstić information content (AvgIpc) is 3.15. The van der Waals surface area contributed by atoms with Gasteiger partial charge in [0.2, 0.25) is 0 Å². The maximum absolute atomic E-state index is 12.2. The molecule has 0 spiro atoms. The van der Waals surface area contributed by atoms with Crippen LogP contribution in [0.4, 0.5) is 0 Å². The summed E-state index contributed by atoms with van der Waals surface area (Å²) in [7, 11) is 1.96. The molecule has 1 fully saturated rings. The Morgan fingerprint density at radius 3 is 3.00 bits per heavy atom. The number of para-hydroxylation sites is 1. The largest absolute Gasteiger partial charge is 0.344 e. The van der Waals surface area contributed by atoms with Crippen LogP contribution in [0, 0.1) is 0 Å². The van der Waals surface area contributed by atoms with Crippen LogP contribution in [0.1, 0.15) is 39.9 Å². The predicted octanol–water partition coefficient (Wildman–Crippen LogP) is 2.84. The zero-order chi connectivity index (χ0) is 15.1. The quantitative estimate of drug-likeness (QED) is 0.806. The lowest BCUT2D eigenvalue weighted by atomic mass is 10.2. The summed E-state index contributed by atoms with van der Waals surface area (Å²) in [5, 5.41) is 7.87. The van der Waals surface area contributed by atoms with Crippen LogP contribution in [0.5, 0.6) is 0 Å². The molecule has 112 valence electrons. The molecule has 0 atom stereocenters. The molecule has 1 amide bonds. The van der Waals surface area contributed by atoms with E-state index >= 15 is 0 Å². The summed E-state index contributed by atoms with van der Waals surface area (Å²) in [6.07, 6.45) is 2.49. The molecule has 2 heterocycles. The Hall–Kier alpha value is -2.21. The number of hydrogen-bond donors (Lipinski definition) is 1. The molecule has 0 radical (unpaired) electrons. The molecule has 6 heteroatoms. The van der Waals surface area contributed by atoms with E-state index in [0.717, 1.165) is 15.9 Å². The van der Waals surface area contributed by atoms with Gasteiger partial charge in [-0.05, 0) is 31.0 Å². The molecule has 4 rings (SSSR count). The summed E-state index contributed by atoms with van der Waals surface area (Å²) in [4.78, 5) is 16.6. The fourth-order valence-electron chi connectivity index (χ4n) is 2.61. The number of hydrogen-bond acceptors (Lipinski definition) is 4. The van der Waals surface area contributed by atoms with Gasteiger partial charge in [-0.15, -0.1) is 11.3 Å². The van der Waals surface area contributed by atoms with Crippen molar-refractivity contribution in [3.05, 3.63) is 46.7 Å². The molecule has 1 saturated carbocycles. The highest BCUT2D eigenvalue weighted by Gasteiger charge is 2.27. The van der Waals surface area contributed by atoms with Crippen LogP contribution in [-0.4, -0.2) is 20.7 Å². The Bertz CT molecular complexity index is 814. The highest BCUT2D eigenvalue weighted by atomic mass is 32.1. The first-order chi connectivity index (χ1) is 10.7. The fraction of sp³-hybridized carbons (Fsp3) is 0.312. The minimum Gasteiger partial charge on any atom is -0.344 e. The smallest absolute Gasteiger partial charge is 0.280 e. The Balaban J connectivity index is 1.46. The highest BCUT2D eigenvalue weighted by molar-refractivity contribution is 7.20. The Kier molecular flexibility index (Phi) is 3.18. The molecule has 5 nitrogen and oxygen atoms in total. The number of aryl methyl sites for hydroxylation is 1. The molecule has 0 aliphatic heterocycles. The molecule has 0 unspecified atom stereocenters. The van der Waals surface area contributed by atoms with E-state index in [2.05, 4.69) is 21.5 Å². The summed E-state index contributed by atoms with van der Waals surface area (Å²) in [5.41, 5.74) is 3.04. The zero-order valence-electron chi connectivity index (χ0n) is 12.2. The third-order valence-corrected chi connectivity index (χ3v) is 4.92. The van der Waals surface area contributed by atoms with Crippen LogP contribution in [0.25, 0.3) is 10.2 Å². The minimum absolute atomic E-state index is 0.139. The van der Waals surface area contributed by atoms with E-state index in [4.69, 9.17) is 0 Å². The number of nitrogens with zero attached hydrogens (tertiary/aromatic N) is 3. The Morgan fingerprint density at radius 2 is 2.23 bits per heavy atom. The first kappa shape index (κ1) is 13.5. The number of benzene rings is 1. The van der Waals surface area contributed by atoms with E-state index in [1.54, 1.807) is 0 Å². The number of rotatable bonds is 4. The number of amides is 1. The van der Waals surface area contributed by atoms with Gasteiger partial charge in [0.05, 0.1) is 22.5 Å². The summed E-state index contributed by atoms with van der Waals surface area (Å²) >= 11 is 1.42. The lowest BCUT2D eigenvalue weighted by Crippen LogP contribution is -2.22.